The van der Waals surface area contributed by atoms with E-state index in [9.17, 15) is 0 Å². The number of hydrogen-bond acceptors (Lipinski definition) is 4. The maximum atomic E-state index is 9.14. The summed E-state index contributed by atoms with van der Waals surface area (Å²) in [5.74, 6) is 0. The molecular formula is C15H25N3O. The van der Waals surface area contributed by atoms with E-state index in [1.807, 2.05) is 6.20 Å². The first kappa shape index (κ1) is 14.3. The molecule has 1 fully saturated rings. The largest absolute Gasteiger partial charge is 0.395 e. The number of nitrogens with one attached hydrogen (secondary N) is 1. The number of anilines is 1. The SMILES string of the molecule is CCCNC(C)c1ccc(N(CCO)C2CC2)cn1. The van der Waals surface area contributed by atoms with Crippen LogP contribution in [0.4, 0.5) is 5.69 Å². The average Bonchev–Trinajstić information content (AvgIpc) is 3.27. The number of rotatable bonds is 8. The van der Waals surface area contributed by atoms with E-state index in [2.05, 4.69) is 41.2 Å². The lowest BCUT2D eigenvalue weighted by Crippen LogP contribution is -2.29. The van der Waals surface area contributed by atoms with Crippen LogP contribution in [0, 0.1) is 0 Å². The Morgan fingerprint density at radius 1 is 1.47 bits per heavy atom. The number of nitrogens with zero attached hydrogens (tertiary/aromatic N) is 2. The Kier molecular flexibility index (Phi) is 5.16. The molecule has 1 unspecified atom stereocenters. The first-order valence-electron chi connectivity index (χ1n) is 7.33. The molecule has 1 aromatic rings. The summed E-state index contributed by atoms with van der Waals surface area (Å²) in [7, 11) is 0. The van der Waals surface area contributed by atoms with Crippen LogP contribution in [-0.4, -0.2) is 35.8 Å². The summed E-state index contributed by atoms with van der Waals surface area (Å²) >= 11 is 0. The van der Waals surface area contributed by atoms with Crippen molar-refractivity contribution in [3.05, 3.63) is 24.0 Å². The minimum absolute atomic E-state index is 0.201. The van der Waals surface area contributed by atoms with Gasteiger partial charge in [-0.25, -0.2) is 0 Å². The van der Waals surface area contributed by atoms with Gasteiger partial charge in [0, 0.05) is 18.6 Å². The summed E-state index contributed by atoms with van der Waals surface area (Å²) in [5.41, 5.74) is 2.21. The molecule has 0 aromatic carbocycles. The first-order chi connectivity index (χ1) is 9.26. The van der Waals surface area contributed by atoms with Crippen molar-refractivity contribution in [1.29, 1.82) is 0 Å². The Bertz CT molecular complexity index is 375. The van der Waals surface area contributed by atoms with E-state index in [0.717, 1.165) is 24.3 Å². The smallest absolute Gasteiger partial charge is 0.0606 e. The van der Waals surface area contributed by atoms with Crippen molar-refractivity contribution in [2.24, 2.45) is 0 Å². The number of hydrogen-bond donors (Lipinski definition) is 2. The number of aromatic nitrogens is 1. The maximum absolute atomic E-state index is 9.14. The Morgan fingerprint density at radius 2 is 2.26 bits per heavy atom. The van der Waals surface area contributed by atoms with Crippen molar-refractivity contribution in [3.8, 4) is 0 Å². The van der Waals surface area contributed by atoms with Crippen LogP contribution in [0.2, 0.25) is 0 Å². The molecule has 4 heteroatoms. The topological polar surface area (TPSA) is 48.4 Å². The molecule has 0 spiro atoms. The van der Waals surface area contributed by atoms with Gasteiger partial charge in [-0.3, -0.25) is 4.98 Å². The van der Waals surface area contributed by atoms with Crippen LogP contribution in [0.5, 0.6) is 0 Å². The summed E-state index contributed by atoms with van der Waals surface area (Å²) in [5, 5.41) is 12.6. The van der Waals surface area contributed by atoms with Gasteiger partial charge < -0.3 is 15.3 Å². The summed E-state index contributed by atoms with van der Waals surface area (Å²) in [4.78, 5) is 6.82. The molecule has 1 aromatic heterocycles. The van der Waals surface area contributed by atoms with Crippen LogP contribution < -0.4 is 10.2 Å². The molecule has 1 heterocycles. The lowest BCUT2D eigenvalue weighted by Gasteiger charge is -2.24. The number of aliphatic hydroxyl groups excluding tert-OH is 1. The standard InChI is InChI=1S/C15H25N3O/c1-3-8-16-12(2)15-7-6-14(11-17-15)18(9-10-19)13-4-5-13/h6-7,11-13,16,19H,3-5,8-10H2,1-2H3. The average molecular weight is 263 g/mol. The van der Waals surface area contributed by atoms with Gasteiger partial charge in [-0.15, -0.1) is 0 Å². The molecule has 4 nitrogen and oxygen atoms in total. The Hall–Kier alpha value is -1.13. The van der Waals surface area contributed by atoms with Gasteiger partial charge in [-0.2, -0.15) is 0 Å². The third-order valence-electron chi connectivity index (χ3n) is 3.58. The summed E-state index contributed by atoms with van der Waals surface area (Å²) in [6.45, 7) is 6.23. The van der Waals surface area contributed by atoms with Crippen molar-refractivity contribution in [2.45, 2.75) is 45.2 Å². The number of pyridine rings is 1. The van der Waals surface area contributed by atoms with Gasteiger partial charge in [0.15, 0.2) is 0 Å². The van der Waals surface area contributed by atoms with Gasteiger partial charge >= 0.3 is 0 Å². The minimum atomic E-state index is 0.201. The van der Waals surface area contributed by atoms with Crippen molar-refractivity contribution < 1.29 is 5.11 Å². The third kappa shape index (κ3) is 3.91. The quantitative estimate of drug-likeness (QED) is 0.754. The van der Waals surface area contributed by atoms with Crippen LogP contribution in [0.15, 0.2) is 18.3 Å². The van der Waals surface area contributed by atoms with Gasteiger partial charge in [-0.05, 0) is 44.9 Å². The molecule has 0 bridgehead atoms. The highest BCUT2D eigenvalue weighted by atomic mass is 16.3. The van der Waals surface area contributed by atoms with Crippen LogP contribution in [0.3, 0.4) is 0 Å². The van der Waals surface area contributed by atoms with Crippen molar-refractivity contribution in [3.63, 3.8) is 0 Å². The third-order valence-corrected chi connectivity index (χ3v) is 3.58. The molecule has 0 amide bonds. The Morgan fingerprint density at radius 3 is 2.79 bits per heavy atom. The summed E-state index contributed by atoms with van der Waals surface area (Å²) in [6, 6.07) is 5.12. The van der Waals surface area contributed by atoms with E-state index >= 15 is 0 Å². The summed E-state index contributed by atoms with van der Waals surface area (Å²) < 4.78 is 0. The fourth-order valence-corrected chi connectivity index (χ4v) is 2.31. The second kappa shape index (κ2) is 6.87. The molecular weight excluding hydrogens is 238 g/mol. The van der Waals surface area contributed by atoms with Crippen molar-refractivity contribution in [1.82, 2.24) is 10.3 Å². The van der Waals surface area contributed by atoms with E-state index in [1.54, 1.807) is 0 Å². The van der Waals surface area contributed by atoms with E-state index in [-0.39, 0.29) is 6.61 Å². The van der Waals surface area contributed by atoms with Crippen LogP contribution in [0.25, 0.3) is 0 Å². The van der Waals surface area contributed by atoms with Crippen molar-refractivity contribution in [2.75, 3.05) is 24.6 Å². The van der Waals surface area contributed by atoms with Gasteiger partial charge in [-0.1, -0.05) is 6.92 Å². The van der Waals surface area contributed by atoms with Crippen LogP contribution in [0.1, 0.15) is 44.8 Å². The molecule has 1 aliphatic rings. The molecule has 2 N–H and O–H groups in total. The first-order valence-corrected chi connectivity index (χ1v) is 7.33. The lowest BCUT2D eigenvalue weighted by atomic mass is 10.2. The summed E-state index contributed by atoms with van der Waals surface area (Å²) in [6.07, 6.45) is 5.54. The maximum Gasteiger partial charge on any atom is 0.0606 e. The molecule has 0 saturated heterocycles. The highest BCUT2D eigenvalue weighted by Crippen LogP contribution is 2.31. The number of aliphatic hydroxyl groups is 1. The van der Waals surface area contributed by atoms with Crippen LogP contribution >= 0.6 is 0 Å². The normalized spacial score (nSPS) is 16.4. The second-order valence-corrected chi connectivity index (χ2v) is 5.27. The zero-order valence-electron chi connectivity index (χ0n) is 12.0. The fraction of sp³-hybridized carbons (Fsp3) is 0.667. The zero-order valence-corrected chi connectivity index (χ0v) is 12.0. The molecule has 1 atom stereocenters. The lowest BCUT2D eigenvalue weighted by molar-refractivity contribution is 0.301. The zero-order chi connectivity index (χ0) is 13.7. The van der Waals surface area contributed by atoms with Gasteiger partial charge in [0.05, 0.1) is 24.2 Å². The van der Waals surface area contributed by atoms with Gasteiger partial charge in [0.1, 0.15) is 0 Å². The van der Waals surface area contributed by atoms with Crippen molar-refractivity contribution >= 4 is 5.69 Å². The minimum Gasteiger partial charge on any atom is -0.395 e. The molecule has 1 aliphatic carbocycles. The Balaban J connectivity index is 2.00. The highest BCUT2D eigenvalue weighted by molar-refractivity contribution is 5.47. The monoisotopic (exact) mass is 263 g/mol. The molecule has 106 valence electrons. The molecule has 0 radical (unpaired) electrons. The van der Waals surface area contributed by atoms with Gasteiger partial charge in [0.2, 0.25) is 0 Å². The predicted octanol–water partition coefficient (Wildman–Crippen LogP) is 2.10. The highest BCUT2D eigenvalue weighted by Gasteiger charge is 2.28. The van der Waals surface area contributed by atoms with Crippen LogP contribution in [-0.2, 0) is 0 Å². The van der Waals surface area contributed by atoms with Gasteiger partial charge in [0.25, 0.3) is 0 Å². The van der Waals surface area contributed by atoms with E-state index in [4.69, 9.17) is 5.11 Å². The molecule has 2 rings (SSSR count). The second-order valence-electron chi connectivity index (χ2n) is 5.27. The fourth-order valence-electron chi connectivity index (χ4n) is 2.31. The predicted molar refractivity (Wildman–Crippen MR) is 78.4 cm³/mol. The van der Waals surface area contributed by atoms with E-state index < -0.39 is 0 Å². The Labute approximate surface area is 115 Å². The molecule has 19 heavy (non-hydrogen) atoms. The van der Waals surface area contributed by atoms with E-state index in [0.29, 0.717) is 18.6 Å². The molecule has 0 aliphatic heterocycles. The molecule has 1 saturated carbocycles. The van der Waals surface area contributed by atoms with E-state index in [1.165, 1.54) is 12.8 Å².